The molecule has 0 amide bonds. The number of hydrogen-bond donors (Lipinski definition) is 1. The lowest BCUT2D eigenvalue weighted by atomic mass is 10.2. The highest BCUT2D eigenvalue weighted by Gasteiger charge is 2.03. The zero-order valence-corrected chi connectivity index (χ0v) is 10.2. The summed E-state index contributed by atoms with van der Waals surface area (Å²) in [6.45, 7) is 9.21. The van der Waals surface area contributed by atoms with E-state index in [0.717, 1.165) is 32.7 Å². The Balaban J connectivity index is 2.40. The molecule has 16 heavy (non-hydrogen) atoms. The van der Waals surface area contributed by atoms with Crippen molar-refractivity contribution in [2.24, 2.45) is 0 Å². The summed E-state index contributed by atoms with van der Waals surface area (Å²) >= 11 is 0. The lowest BCUT2D eigenvalue weighted by Gasteiger charge is -2.20. The first-order valence-electron chi connectivity index (χ1n) is 5.93. The van der Waals surface area contributed by atoms with Crippen LogP contribution in [-0.2, 0) is 6.54 Å². The van der Waals surface area contributed by atoms with Crippen LogP contribution in [0.1, 0.15) is 19.4 Å². The van der Waals surface area contributed by atoms with E-state index >= 15 is 0 Å². The van der Waals surface area contributed by atoms with Gasteiger partial charge in [0.1, 0.15) is 5.82 Å². The molecule has 0 aliphatic rings. The van der Waals surface area contributed by atoms with Gasteiger partial charge in [-0.25, -0.2) is 4.39 Å². The maximum absolute atomic E-state index is 12.7. The van der Waals surface area contributed by atoms with Gasteiger partial charge in [0.15, 0.2) is 0 Å². The van der Waals surface area contributed by atoms with E-state index < -0.39 is 0 Å². The Morgan fingerprint density at radius 2 is 1.88 bits per heavy atom. The summed E-state index contributed by atoms with van der Waals surface area (Å²) in [6.07, 6.45) is 0. The van der Waals surface area contributed by atoms with E-state index in [-0.39, 0.29) is 5.82 Å². The molecule has 0 atom stereocenters. The maximum atomic E-state index is 12.7. The van der Waals surface area contributed by atoms with Crippen LogP contribution in [0, 0.1) is 5.82 Å². The minimum absolute atomic E-state index is 0.167. The molecule has 0 radical (unpaired) electrons. The number of halogens is 1. The van der Waals surface area contributed by atoms with Crippen molar-refractivity contribution in [2.45, 2.75) is 20.4 Å². The molecular weight excluding hydrogens is 203 g/mol. The van der Waals surface area contributed by atoms with Gasteiger partial charge in [0.25, 0.3) is 0 Å². The minimum Gasteiger partial charge on any atom is -0.316 e. The van der Waals surface area contributed by atoms with E-state index in [1.807, 2.05) is 12.1 Å². The fourth-order valence-corrected chi connectivity index (χ4v) is 1.61. The van der Waals surface area contributed by atoms with Crippen LogP contribution in [0.15, 0.2) is 24.3 Å². The summed E-state index contributed by atoms with van der Waals surface area (Å²) in [5.74, 6) is -0.167. The van der Waals surface area contributed by atoms with Crippen molar-refractivity contribution in [1.82, 2.24) is 10.2 Å². The second-order valence-corrected chi connectivity index (χ2v) is 3.85. The Morgan fingerprint density at radius 1 is 1.19 bits per heavy atom. The predicted molar refractivity (Wildman–Crippen MR) is 65.9 cm³/mol. The fourth-order valence-electron chi connectivity index (χ4n) is 1.61. The highest BCUT2D eigenvalue weighted by Crippen LogP contribution is 2.06. The third kappa shape index (κ3) is 4.73. The van der Waals surface area contributed by atoms with Gasteiger partial charge >= 0.3 is 0 Å². The summed E-state index contributed by atoms with van der Waals surface area (Å²) in [5.41, 5.74) is 1.17. The third-order valence-corrected chi connectivity index (χ3v) is 2.62. The van der Waals surface area contributed by atoms with E-state index in [1.54, 1.807) is 0 Å². The van der Waals surface area contributed by atoms with Crippen LogP contribution >= 0.6 is 0 Å². The normalized spacial score (nSPS) is 11.0. The van der Waals surface area contributed by atoms with Crippen LogP contribution in [0.2, 0.25) is 0 Å². The van der Waals surface area contributed by atoms with Crippen LogP contribution in [-0.4, -0.2) is 31.1 Å². The molecule has 0 spiro atoms. The van der Waals surface area contributed by atoms with Crippen LogP contribution in [0.4, 0.5) is 4.39 Å². The van der Waals surface area contributed by atoms with Crippen molar-refractivity contribution in [2.75, 3.05) is 26.2 Å². The molecule has 0 unspecified atom stereocenters. The average Bonchev–Trinajstić information content (AvgIpc) is 2.31. The van der Waals surface area contributed by atoms with E-state index in [9.17, 15) is 4.39 Å². The molecule has 1 rings (SSSR count). The van der Waals surface area contributed by atoms with E-state index in [2.05, 4.69) is 24.1 Å². The van der Waals surface area contributed by atoms with Crippen molar-refractivity contribution < 1.29 is 4.39 Å². The number of likely N-dealkylation sites (N-methyl/N-ethyl adjacent to an activating group) is 2. The SMILES string of the molecule is CCNCCN(CC)Cc1ccc(F)cc1. The highest BCUT2D eigenvalue weighted by molar-refractivity contribution is 5.15. The summed E-state index contributed by atoms with van der Waals surface area (Å²) < 4.78 is 12.7. The number of hydrogen-bond acceptors (Lipinski definition) is 2. The van der Waals surface area contributed by atoms with Crippen LogP contribution < -0.4 is 5.32 Å². The summed E-state index contributed by atoms with van der Waals surface area (Å²) in [4.78, 5) is 2.34. The monoisotopic (exact) mass is 224 g/mol. The quantitative estimate of drug-likeness (QED) is 0.715. The van der Waals surface area contributed by atoms with Crippen LogP contribution in [0.5, 0.6) is 0 Å². The zero-order valence-electron chi connectivity index (χ0n) is 10.2. The standard InChI is InChI=1S/C13H21FN2/c1-3-15-9-10-16(4-2)11-12-5-7-13(14)8-6-12/h5-8,15H,3-4,9-11H2,1-2H3. The Bertz CT molecular complexity index is 284. The minimum atomic E-state index is -0.167. The molecule has 90 valence electrons. The molecular formula is C13H21FN2. The van der Waals surface area contributed by atoms with Gasteiger partial charge in [-0.15, -0.1) is 0 Å². The van der Waals surface area contributed by atoms with E-state index in [0.29, 0.717) is 0 Å². The first-order valence-corrected chi connectivity index (χ1v) is 5.93. The number of nitrogens with zero attached hydrogens (tertiary/aromatic N) is 1. The van der Waals surface area contributed by atoms with E-state index in [4.69, 9.17) is 0 Å². The van der Waals surface area contributed by atoms with Gasteiger partial charge in [0.05, 0.1) is 0 Å². The Labute approximate surface area is 97.5 Å². The summed E-state index contributed by atoms with van der Waals surface area (Å²) in [7, 11) is 0. The molecule has 0 heterocycles. The maximum Gasteiger partial charge on any atom is 0.123 e. The van der Waals surface area contributed by atoms with Gasteiger partial charge in [-0.1, -0.05) is 26.0 Å². The molecule has 1 aromatic carbocycles. The van der Waals surface area contributed by atoms with Gasteiger partial charge in [0, 0.05) is 19.6 Å². The van der Waals surface area contributed by atoms with Crippen molar-refractivity contribution in [3.8, 4) is 0 Å². The molecule has 0 bridgehead atoms. The van der Waals surface area contributed by atoms with Crippen molar-refractivity contribution in [3.05, 3.63) is 35.6 Å². The van der Waals surface area contributed by atoms with Crippen LogP contribution in [0.3, 0.4) is 0 Å². The molecule has 0 aliphatic heterocycles. The molecule has 0 saturated carbocycles. The second kappa shape index (κ2) is 7.36. The molecule has 0 aromatic heterocycles. The van der Waals surface area contributed by atoms with Gasteiger partial charge in [-0.3, -0.25) is 4.90 Å². The summed E-state index contributed by atoms with van der Waals surface area (Å²) in [5, 5.41) is 3.31. The first-order chi connectivity index (χ1) is 7.76. The lowest BCUT2D eigenvalue weighted by Crippen LogP contribution is -2.31. The molecule has 3 heteroatoms. The smallest absolute Gasteiger partial charge is 0.123 e. The van der Waals surface area contributed by atoms with Gasteiger partial charge in [-0.2, -0.15) is 0 Å². The van der Waals surface area contributed by atoms with E-state index in [1.165, 1.54) is 17.7 Å². The van der Waals surface area contributed by atoms with Gasteiger partial charge in [0.2, 0.25) is 0 Å². The van der Waals surface area contributed by atoms with Crippen molar-refractivity contribution in [1.29, 1.82) is 0 Å². The summed E-state index contributed by atoms with van der Waals surface area (Å²) in [6, 6.07) is 6.75. The Hall–Kier alpha value is -0.930. The predicted octanol–water partition coefficient (Wildman–Crippen LogP) is 2.26. The molecule has 1 aromatic rings. The zero-order chi connectivity index (χ0) is 11.8. The fraction of sp³-hybridized carbons (Fsp3) is 0.538. The first kappa shape index (κ1) is 13.1. The van der Waals surface area contributed by atoms with Crippen molar-refractivity contribution >= 4 is 0 Å². The number of benzene rings is 1. The highest BCUT2D eigenvalue weighted by atomic mass is 19.1. The molecule has 0 aliphatic carbocycles. The largest absolute Gasteiger partial charge is 0.316 e. The second-order valence-electron chi connectivity index (χ2n) is 3.85. The molecule has 0 saturated heterocycles. The Morgan fingerprint density at radius 3 is 2.44 bits per heavy atom. The third-order valence-electron chi connectivity index (χ3n) is 2.62. The number of nitrogens with one attached hydrogen (secondary N) is 1. The molecule has 0 fully saturated rings. The average molecular weight is 224 g/mol. The topological polar surface area (TPSA) is 15.3 Å². The number of rotatable bonds is 7. The van der Waals surface area contributed by atoms with Gasteiger partial charge in [-0.05, 0) is 30.8 Å². The molecule has 2 nitrogen and oxygen atoms in total. The Kier molecular flexibility index (Phi) is 6.04. The van der Waals surface area contributed by atoms with Crippen molar-refractivity contribution in [3.63, 3.8) is 0 Å². The van der Waals surface area contributed by atoms with Crippen LogP contribution in [0.25, 0.3) is 0 Å². The molecule has 1 N–H and O–H groups in total. The van der Waals surface area contributed by atoms with Gasteiger partial charge < -0.3 is 5.32 Å². The lowest BCUT2D eigenvalue weighted by molar-refractivity contribution is 0.280.